The molecule has 0 radical (unpaired) electrons. The van der Waals surface area contributed by atoms with E-state index in [1.165, 1.54) is 5.56 Å². The van der Waals surface area contributed by atoms with Crippen LogP contribution in [0.5, 0.6) is 0 Å². The standard InChI is InChI=1S/C12H15N/c1-2-6-12(13)10-9-11-7-4-3-5-8-11/h2-5,7-10,12H,1,6,13H2/b10-9+. The zero-order chi connectivity index (χ0) is 9.52. The van der Waals surface area contributed by atoms with Crippen molar-refractivity contribution < 1.29 is 0 Å². The van der Waals surface area contributed by atoms with Crippen molar-refractivity contribution in [3.8, 4) is 0 Å². The predicted octanol–water partition coefficient (Wildman–Crippen LogP) is 2.60. The second-order valence-corrected chi connectivity index (χ2v) is 2.96. The van der Waals surface area contributed by atoms with E-state index in [0.717, 1.165) is 6.42 Å². The average molecular weight is 173 g/mol. The van der Waals surface area contributed by atoms with Crippen LogP contribution in [0.1, 0.15) is 12.0 Å². The molecule has 0 saturated heterocycles. The second-order valence-electron chi connectivity index (χ2n) is 2.96. The van der Waals surface area contributed by atoms with E-state index in [0.29, 0.717) is 0 Å². The number of benzene rings is 1. The summed E-state index contributed by atoms with van der Waals surface area (Å²) in [5, 5.41) is 0. The maximum Gasteiger partial charge on any atom is 0.0261 e. The van der Waals surface area contributed by atoms with Crippen molar-refractivity contribution in [1.29, 1.82) is 0 Å². The summed E-state index contributed by atoms with van der Waals surface area (Å²) in [6.45, 7) is 3.64. The highest BCUT2D eigenvalue weighted by atomic mass is 14.6. The molecule has 1 atom stereocenters. The largest absolute Gasteiger partial charge is 0.324 e. The molecule has 1 aromatic carbocycles. The summed E-state index contributed by atoms with van der Waals surface area (Å²) in [5.41, 5.74) is 6.96. The van der Waals surface area contributed by atoms with Gasteiger partial charge in [-0.25, -0.2) is 0 Å². The lowest BCUT2D eigenvalue weighted by Gasteiger charge is -2.00. The molecule has 0 spiro atoms. The molecule has 13 heavy (non-hydrogen) atoms. The van der Waals surface area contributed by atoms with Crippen molar-refractivity contribution in [2.24, 2.45) is 5.73 Å². The van der Waals surface area contributed by atoms with Crippen molar-refractivity contribution in [3.63, 3.8) is 0 Å². The fraction of sp³-hybridized carbons (Fsp3) is 0.167. The molecular formula is C12H15N. The summed E-state index contributed by atoms with van der Waals surface area (Å²) < 4.78 is 0. The molecule has 1 nitrogen and oxygen atoms in total. The molecule has 0 aliphatic carbocycles. The summed E-state index contributed by atoms with van der Waals surface area (Å²) >= 11 is 0. The van der Waals surface area contributed by atoms with Crippen molar-refractivity contribution >= 4 is 6.08 Å². The molecule has 1 unspecified atom stereocenters. The molecule has 0 saturated carbocycles. The molecular weight excluding hydrogens is 158 g/mol. The van der Waals surface area contributed by atoms with E-state index in [9.17, 15) is 0 Å². The van der Waals surface area contributed by atoms with Gasteiger partial charge in [-0.05, 0) is 12.0 Å². The molecule has 0 fully saturated rings. The lowest BCUT2D eigenvalue weighted by molar-refractivity contribution is 0.839. The molecule has 0 amide bonds. The first-order valence-corrected chi connectivity index (χ1v) is 4.42. The van der Waals surface area contributed by atoms with Crippen molar-refractivity contribution in [2.75, 3.05) is 0 Å². The molecule has 0 heterocycles. The van der Waals surface area contributed by atoms with Gasteiger partial charge in [-0.1, -0.05) is 48.6 Å². The minimum atomic E-state index is 0.0812. The Labute approximate surface area is 79.6 Å². The lowest BCUT2D eigenvalue weighted by atomic mass is 10.1. The second kappa shape index (κ2) is 5.33. The Hall–Kier alpha value is -1.34. The van der Waals surface area contributed by atoms with Gasteiger partial charge in [-0.2, -0.15) is 0 Å². The van der Waals surface area contributed by atoms with Gasteiger partial charge in [0.05, 0.1) is 0 Å². The SMILES string of the molecule is C=CCC(N)/C=C/c1ccccc1. The third-order valence-corrected chi connectivity index (χ3v) is 1.77. The van der Waals surface area contributed by atoms with E-state index in [1.807, 2.05) is 36.4 Å². The summed E-state index contributed by atoms with van der Waals surface area (Å²) in [7, 11) is 0. The zero-order valence-electron chi connectivity index (χ0n) is 7.69. The number of nitrogens with two attached hydrogens (primary N) is 1. The van der Waals surface area contributed by atoms with Crippen LogP contribution < -0.4 is 5.73 Å². The molecule has 0 aliphatic heterocycles. The highest BCUT2D eigenvalue weighted by molar-refractivity contribution is 5.49. The van der Waals surface area contributed by atoms with Gasteiger partial charge in [-0.3, -0.25) is 0 Å². The Morgan fingerprint density at radius 2 is 2.00 bits per heavy atom. The Kier molecular flexibility index (Phi) is 4.00. The summed E-state index contributed by atoms with van der Waals surface area (Å²) in [5.74, 6) is 0. The molecule has 0 aromatic heterocycles. The molecule has 1 heteroatoms. The Morgan fingerprint density at radius 1 is 1.31 bits per heavy atom. The van der Waals surface area contributed by atoms with Crippen LogP contribution in [0, 0.1) is 0 Å². The van der Waals surface area contributed by atoms with Crippen LogP contribution in [-0.4, -0.2) is 6.04 Å². The quantitative estimate of drug-likeness (QED) is 0.696. The van der Waals surface area contributed by atoms with Crippen LogP contribution in [0.3, 0.4) is 0 Å². The number of hydrogen-bond donors (Lipinski definition) is 1. The molecule has 68 valence electrons. The van der Waals surface area contributed by atoms with Crippen LogP contribution >= 0.6 is 0 Å². The van der Waals surface area contributed by atoms with Crippen LogP contribution in [-0.2, 0) is 0 Å². The van der Waals surface area contributed by atoms with Crippen molar-refractivity contribution in [3.05, 3.63) is 54.6 Å². The van der Waals surface area contributed by atoms with Crippen LogP contribution in [0.2, 0.25) is 0 Å². The zero-order valence-corrected chi connectivity index (χ0v) is 7.69. The van der Waals surface area contributed by atoms with Crippen LogP contribution in [0.4, 0.5) is 0 Å². The smallest absolute Gasteiger partial charge is 0.0261 e. The van der Waals surface area contributed by atoms with E-state index in [4.69, 9.17) is 5.73 Å². The molecule has 1 aromatic rings. The van der Waals surface area contributed by atoms with Crippen molar-refractivity contribution in [2.45, 2.75) is 12.5 Å². The lowest BCUT2D eigenvalue weighted by Crippen LogP contribution is -2.14. The van der Waals surface area contributed by atoms with Gasteiger partial charge in [0.25, 0.3) is 0 Å². The van der Waals surface area contributed by atoms with Gasteiger partial charge < -0.3 is 5.73 Å². The molecule has 0 aliphatic rings. The first-order chi connectivity index (χ1) is 6.33. The summed E-state index contributed by atoms with van der Waals surface area (Å²) in [6.07, 6.45) is 6.69. The first-order valence-electron chi connectivity index (χ1n) is 4.42. The molecule has 1 rings (SSSR count). The molecule has 2 N–H and O–H groups in total. The van der Waals surface area contributed by atoms with E-state index in [2.05, 4.69) is 18.7 Å². The summed E-state index contributed by atoms with van der Waals surface area (Å²) in [6, 6.07) is 10.2. The monoisotopic (exact) mass is 173 g/mol. The van der Waals surface area contributed by atoms with Crippen LogP contribution in [0.25, 0.3) is 6.08 Å². The topological polar surface area (TPSA) is 26.0 Å². The Bertz CT molecular complexity index is 274. The maximum absolute atomic E-state index is 5.77. The Balaban J connectivity index is 2.53. The normalized spacial score (nSPS) is 13.0. The van der Waals surface area contributed by atoms with Gasteiger partial charge in [0, 0.05) is 6.04 Å². The van der Waals surface area contributed by atoms with Gasteiger partial charge in [0.1, 0.15) is 0 Å². The fourth-order valence-corrected chi connectivity index (χ4v) is 1.07. The molecule has 0 bridgehead atoms. The third kappa shape index (κ3) is 3.72. The maximum atomic E-state index is 5.77. The minimum Gasteiger partial charge on any atom is -0.324 e. The highest BCUT2D eigenvalue weighted by Gasteiger charge is 1.91. The van der Waals surface area contributed by atoms with Gasteiger partial charge >= 0.3 is 0 Å². The average Bonchev–Trinajstić information content (AvgIpc) is 2.17. The van der Waals surface area contributed by atoms with E-state index in [1.54, 1.807) is 0 Å². The van der Waals surface area contributed by atoms with Gasteiger partial charge in [0.15, 0.2) is 0 Å². The minimum absolute atomic E-state index is 0.0812. The Morgan fingerprint density at radius 3 is 2.62 bits per heavy atom. The van der Waals surface area contributed by atoms with Gasteiger partial charge in [0.2, 0.25) is 0 Å². The third-order valence-electron chi connectivity index (χ3n) is 1.77. The summed E-state index contributed by atoms with van der Waals surface area (Å²) in [4.78, 5) is 0. The number of hydrogen-bond acceptors (Lipinski definition) is 1. The van der Waals surface area contributed by atoms with Crippen LogP contribution in [0.15, 0.2) is 49.1 Å². The fourth-order valence-electron chi connectivity index (χ4n) is 1.07. The highest BCUT2D eigenvalue weighted by Crippen LogP contribution is 2.02. The number of rotatable bonds is 4. The predicted molar refractivity (Wildman–Crippen MR) is 58.3 cm³/mol. The van der Waals surface area contributed by atoms with E-state index in [-0.39, 0.29) is 6.04 Å². The van der Waals surface area contributed by atoms with Crippen molar-refractivity contribution in [1.82, 2.24) is 0 Å². The van der Waals surface area contributed by atoms with E-state index >= 15 is 0 Å². The first kappa shape index (κ1) is 9.75. The van der Waals surface area contributed by atoms with E-state index < -0.39 is 0 Å². The van der Waals surface area contributed by atoms with Gasteiger partial charge in [-0.15, -0.1) is 6.58 Å².